The number of aromatic nitrogens is 1. The highest BCUT2D eigenvalue weighted by atomic mass is 32.1. The zero-order valence-corrected chi connectivity index (χ0v) is 14.7. The van der Waals surface area contributed by atoms with E-state index < -0.39 is 0 Å². The van der Waals surface area contributed by atoms with Crippen LogP contribution < -0.4 is 5.32 Å². The Kier molecular flexibility index (Phi) is 6.49. The molecular weight excluding hydrogens is 343 g/mol. The number of carbonyl (C=O) groups is 1. The fourth-order valence-electron chi connectivity index (χ4n) is 2.59. The van der Waals surface area contributed by atoms with Gasteiger partial charge in [-0.1, -0.05) is 0 Å². The minimum atomic E-state index is -0.273. The smallest absolute Gasteiger partial charge is 0.246 e. The number of benzene rings is 1. The van der Waals surface area contributed by atoms with Crippen molar-refractivity contribution in [3.63, 3.8) is 0 Å². The number of ether oxygens (including phenoxy) is 2. The van der Waals surface area contributed by atoms with E-state index in [-0.39, 0.29) is 24.4 Å². The van der Waals surface area contributed by atoms with Gasteiger partial charge < -0.3 is 14.8 Å². The van der Waals surface area contributed by atoms with E-state index in [9.17, 15) is 9.18 Å². The zero-order valence-electron chi connectivity index (χ0n) is 13.9. The molecule has 0 aliphatic carbocycles. The lowest BCUT2D eigenvalue weighted by Crippen LogP contribution is -2.30. The Hall–Kier alpha value is -1.83. The van der Waals surface area contributed by atoms with Crippen LogP contribution in [0.25, 0.3) is 11.3 Å². The van der Waals surface area contributed by atoms with E-state index in [1.165, 1.54) is 23.5 Å². The molecule has 25 heavy (non-hydrogen) atoms. The van der Waals surface area contributed by atoms with Crippen molar-refractivity contribution in [3.8, 4) is 11.3 Å². The molecule has 7 heteroatoms. The molecular formula is C18H21FN2O3S. The van der Waals surface area contributed by atoms with E-state index in [0.29, 0.717) is 13.2 Å². The summed E-state index contributed by atoms with van der Waals surface area (Å²) in [7, 11) is 0. The molecule has 1 unspecified atom stereocenters. The van der Waals surface area contributed by atoms with Gasteiger partial charge in [0.2, 0.25) is 5.91 Å². The molecule has 1 fully saturated rings. The van der Waals surface area contributed by atoms with Crippen LogP contribution in [0.1, 0.15) is 24.3 Å². The second-order valence-electron chi connectivity index (χ2n) is 5.91. The molecule has 1 aliphatic rings. The summed E-state index contributed by atoms with van der Waals surface area (Å²) in [5.74, 6) is -0.445. The summed E-state index contributed by atoms with van der Waals surface area (Å²) in [4.78, 5) is 16.3. The highest BCUT2D eigenvalue weighted by Crippen LogP contribution is 2.22. The van der Waals surface area contributed by atoms with Gasteiger partial charge in [-0.05, 0) is 43.5 Å². The molecule has 1 amide bonds. The fraction of sp³-hybridized carbons (Fsp3) is 0.444. The van der Waals surface area contributed by atoms with Crippen LogP contribution in [0.5, 0.6) is 0 Å². The zero-order chi connectivity index (χ0) is 17.5. The van der Waals surface area contributed by atoms with Crippen molar-refractivity contribution in [1.82, 2.24) is 10.3 Å². The van der Waals surface area contributed by atoms with Crippen LogP contribution in [-0.4, -0.2) is 36.8 Å². The minimum absolute atomic E-state index is 0.0239. The molecule has 3 rings (SSSR count). The molecule has 2 heterocycles. The van der Waals surface area contributed by atoms with Crippen LogP contribution in [0, 0.1) is 5.82 Å². The quantitative estimate of drug-likeness (QED) is 0.820. The first-order valence-corrected chi connectivity index (χ1v) is 9.25. The van der Waals surface area contributed by atoms with E-state index in [0.717, 1.165) is 42.1 Å². The molecule has 2 aromatic rings. The molecule has 1 aromatic heterocycles. The Balaban J connectivity index is 1.39. The third-order valence-corrected chi connectivity index (χ3v) is 4.79. The Morgan fingerprint density at radius 2 is 2.20 bits per heavy atom. The lowest BCUT2D eigenvalue weighted by Gasteiger charge is -2.22. The molecule has 1 saturated heterocycles. The van der Waals surface area contributed by atoms with Crippen LogP contribution in [-0.2, 0) is 20.8 Å². The normalized spacial score (nSPS) is 17.4. The van der Waals surface area contributed by atoms with Crippen molar-refractivity contribution in [3.05, 3.63) is 40.5 Å². The largest absolute Gasteiger partial charge is 0.376 e. The Morgan fingerprint density at radius 3 is 2.96 bits per heavy atom. The Morgan fingerprint density at radius 1 is 1.36 bits per heavy atom. The van der Waals surface area contributed by atoms with Gasteiger partial charge in [-0.2, -0.15) is 0 Å². The maximum absolute atomic E-state index is 13.0. The molecule has 0 bridgehead atoms. The first kappa shape index (κ1) is 18.0. The highest BCUT2D eigenvalue weighted by Gasteiger charge is 2.14. The highest BCUT2D eigenvalue weighted by molar-refractivity contribution is 7.09. The second-order valence-corrected chi connectivity index (χ2v) is 6.86. The summed E-state index contributed by atoms with van der Waals surface area (Å²) in [5.41, 5.74) is 1.63. The summed E-state index contributed by atoms with van der Waals surface area (Å²) in [6.07, 6.45) is 3.36. The van der Waals surface area contributed by atoms with E-state index in [2.05, 4.69) is 10.3 Å². The molecule has 0 radical (unpaired) electrons. The summed E-state index contributed by atoms with van der Waals surface area (Å²) in [6, 6.07) is 6.19. The van der Waals surface area contributed by atoms with Crippen LogP contribution in [0.3, 0.4) is 0 Å². The van der Waals surface area contributed by atoms with E-state index >= 15 is 0 Å². The fourth-order valence-corrected chi connectivity index (χ4v) is 3.34. The summed E-state index contributed by atoms with van der Waals surface area (Å²) in [5, 5.41) is 5.48. The lowest BCUT2D eigenvalue weighted by atomic mass is 10.1. The van der Waals surface area contributed by atoms with Crippen LogP contribution >= 0.6 is 11.3 Å². The molecule has 1 aliphatic heterocycles. The van der Waals surface area contributed by atoms with Gasteiger partial charge in [0.15, 0.2) is 0 Å². The third kappa shape index (κ3) is 5.59. The third-order valence-electron chi connectivity index (χ3n) is 3.94. The molecule has 134 valence electrons. The standard InChI is InChI=1S/C18H21FN2O3S/c19-14-6-4-13(5-7-14)16-12-25-18(21-16)9-20-17(22)11-23-10-15-3-1-2-8-24-15/h4-7,12,15H,1-3,8-11H2,(H,20,22). The van der Waals surface area contributed by atoms with Crippen molar-refractivity contribution in [1.29, 1.82) is 0 Å². The van der Waals surface area contributed by atoms with Crippen molar-refractivity contribution in [2.75, 3.05) is 19.8 Å². The number of thiazole rings is 1. The molecule has 1 atom stereocenters. The van der Waals surface area contributed by atoms with E-state index in [1.54, 1.807) is 12.1 Å². The first-order valence-electron chi connectivity index (χ1n) is 8.37. The van der Waals surface area contributed by atoms with Gasteiger partial charge in [0.25, 0.3) is 0 Å². The summed E-state index contributed by atoms with van der Waals surface area (Å²) >= 11 is 1.46. The van der Waals surface area contributed by atoms with Gasteiger partial charge >= 0.3 is 0 Å². The number of hydrogen-bond donors (Lipinski definition) is 1. The van der Waals surface area contributed by atoms with Crippen LogP contribution in [0.2, 0.25) is 0 Å². The second kappa shape index (κ2) is 9.03. The van der Waals surface area contributed by atoms with Gasteiger partial charge in [-0.15, -0.1) is 11.3 Å². The number of hydrogen-bond acceptors (Lipinski definition) is 5. The molecule has 0 spiro atoms. The molecule has 1 aromatic carbocycles. The minimum Gasteiger partial charge on any atom is -0.376 e. The number of nitrogens with one attached hydrogen (secondary N) is 1. The lowest BCUT2D eigenvalue weighted by molar-refractivity contribution is -0.128. The molecule has 5 nitrogen and oxygen atoms in total. The topological polar surface area (TPSA) is 60.5 Å². The number of halogens is 1. The maximum Gasteiger partial charge on any atom is 0.246 e. The van der Waals surface area contributed by atoms with Gasteiger partial charge in [-0.25, -0.2) is 9.37 Å². The Labute approximate surface area is 150 Å². The molecule has 0 saturated carbocycles. The summed E-state index contributed by atoms with van der Waals surface area (Å²) in [6.45, 7) is 1.62. The van der Waals surface area contributed by atoms with E-state index in [4.69, 9.17) is 9.47 Å². The van der Waals surface area contributed by atoms with Crippen LogP contribution in [0.15, 0.2) is 29.6 Å². The van der Waals surface area contributed by atoms with E-state index in [1.807, 2.05) is 5.38 Å². The average Bonchev–Trinajstić information content (AvgIpc) is 3.10. The predicted molar refractivity (Wildman–Crippen MR) is 93.8 cm³/mol. The Bertz CT molecular complexity index is 684. The van der Waals surface area contributed by atoms with Crippen molar-refractivity contribution in [2.24, 2.45) is 0 Å². The summed E-state index contributed by atoms with van der Waals surface area (Å²) < 4.78 is 23.9. The maximum atomic E-state index is 13.0. The first-order chi connectivity index (χ1) is 12.2. The number of carbonyl (C=O) groups excluding carboxylic acids is 1. The number of amides is 1. The number of nitrogens with zero attached hydrogens (tertiary/aromatic N) is 1. The van der Waals surface area contributed by atoms with Crippen molar-refractivity contribution >= 4 is 17.2 Å². The van der Waals surface area contributed by atoms with Gasteiger partial charge in [0.05, 0.1) is 24.9 Å². The van der Waals surface area contributed by atoms with Crippen LogP contribution in [0.4, 0.5) is 4.39 Å². The van der Waals surface area contributed by atoms with Crippen molar-refractivity contribution < 1.29 is 18.7 Å². The van der Waals surface area contributed by atoms with Gasteiger partial charge in [0.1, 0.15) is 17.4 Å². The van der Waals surface area contributed by atoms with Crippen molar-refractivity contribution in [2.45, 2.75) is 31.9 Å². The van der Waals surface area contributed by atoms with Gasteiger partial charge in [0, 0.05) is 17.6 Å². The monoisotopic (exact) mass is 364 g/mol. The van der Waals surface area contributed by atoms with Gasteiger partial charge in [-0.3, -0.25) is 4.79 Å². The average molecular weight is 364 g/mol. The number of rotatable bonds is 7. The molecule has 1 N–H and O–H groups in total. The SMILES string of the molecule is O=C(COCC1CCCCO1)NCc1nc(-c2ccc(F)cc2)cs1. The predicted octanol–water partition coefficient (Wildman–Crippen LogP) is 3.15.